The van der Waals surface area contributed by atoms with Crippen LogP contribution >= 0.6 is 11.6 Å². The maximum atomic E-state index is 13.2. The number of morpholine rings is 1. The van der Waals surface area contributed by atoms with Crippen LogP contribution in [0.15, 0.2) is 0 Å². The third-order valence-electron chi connectivity index (χ3n) is 4.58. The van der Waals surface area contributed by atoms with Gasteiger partial charge in [0.05, 0.1) is 22.9 Å². The summed E-state index contributed by atoms with van der Waals surface area (Å²) in [6, 6.07) is -0.846. The first kappa shape index (κ1) is 18.5. The van der Waals surface area contributed by atoms with E-state index in [1.54, 1.807) is 11.8 Å². The van der Waals surface area contributed by atoms with Gasteiger partial charge in [0.1, 0.15) is 6.04 Å². The molecule has 2 heterocycles. The van der Waals surface area contributed by atoms with Crippen LogP contribution in [0.5, 0.6) is 0 Å². The van der Waals surface area contributed by atoms with Crippen molar-refractivity contribution >= 4 is 17.5 Å². The molecule has 5 nitrogen and oxygen atoms in total. The Morgan fingerprint density at radius 3 is 2.32 bits per heavy atom. The summed E-state index contributed by atoms with van der Waals surface area (Å²) >= 11 is 5.98. The Bertz CT molecular complexity index is 662. The van der Waals surface area contributed by atoms with E-state index in [0.29, 0.717) is 18.8 Å². The fourth-order valence-electron chi connectivity index (χ4n) is 3.35. The minimum atomic E-state index is -4.64. The molecule has 0 aromatic carbocycles. The highest BCUT2D eigenvalue weighted by atomic mass is 35.5. The number of hydrogen-bond donors (Lipinski definition) is 0. The SMILES string of the molecule is C[C@H](C(=O)N1C[C@H](C)O[C@@H](C)C1)n1nc(C(F)(F)F)c(Cl)c1C1CC1. The summed E-state index contributed by atoms with van der Waals surface area (Å²) in [5.41, 5.74) is -0.788. The lowest BCUT2D eigenvalue weighted by atomic mass is 10.2. The Morgan fingerprint density at radius 2 is 1.84 bits per heavy atom. The molecule has 1 amide bonds. The van der Waals surface area contributed by atoms with E-state index in [1.165, 1.54) is 4.68 Å². The zero-order chi connectivity index (χ0) is 18.5. The van der Waals surface area contributed by atoms with Gasteiger partial charge in [0.2, 0.25) is 5.91 Å². The highest BCUT2D eigenvalue weighted by Crippen LogP contribution is 2.47. The number of ether oxygens (including phenoxy) is 1. The molecule has 25 heavy (non-hydrogen) atoms. The number of aromatic nitrogens is 2. The molecule has 1 aromatic rings. The predicted octanol–water partition coefficient (Wildman–Crippen LogP) is 3.63. The molecule has 1 saturated heterocycles. The van der Waals surface area contributed by atoms with E-state index in [2.05, 4.69) is 5.10 Å². The van der Waals surface area contributed by atoms with Crippen molar-refractivity contribution in [3.8, 4) is 0 Å². The van der Waals surface area contributed by atoms with E-state index in [-0.39, 0.29) is 29.1 Å². The first-order chi connectivity index (χ1) is 11.6. The Kier molecular flexibility index (Phi) is 4.79. The molecule has 0 unspecified atom stereocenters. The van der Waals surface area contributed by atoms with Crippen molar-refractivity contribution in [1.82, 2.24) is 14.7 Å². The normalized spacial score (nSPS) is 26.0. The van der Waals surface area contributed by atoms with Crippen LogP contribution in [0.1, 0.15) is 57.0 Å². The molecule has 0 bridgehead atoms. The van der Waals surface area contributed by atoms with Gasteiger partial charge in [-0.1, -0.05) is 11.6 Å². The highest BCUT2D eigenvalue weighted by Gasteiger charge is 2.43. The average Bonchev–Trinajstić information content (AvgIpc) is 3.26. The number of halogens is 4. The second-order valence-corrected chi connectivity index (χ2v) is 7.32. The van der Waals surface area contributed by atoms with Crippen molar-refractivity contribution in [2.24, 2.45) is 0 Å². The molecule has 1 aliphatic heterocycles. The lowest BCUT2D eigenvalue weighted by molar-refractivity contribution is -0.147. The summed E-state index contributed by atoms with van der Waals surface area (Å²) in [6.45, 7) is 6.12. The molecule has 0 spiro atoms. The molecule has 1 aliphatic carbocycles. The van der Waals surface area contributed by atoms with Gasteiger partial charge in [-0.3, -0.25) is 9.48 Å². The van der Waals surface area contributed by atoms with E-state index in [4.69, 9.17) is 16.3 Å². The fraction of sp³-hybridized carbons (Fsp3) is 0.750. The minimum absolute atomic E-state index is 0.0612. The monoisotopic (exact) mass is 379 g/mol. The lowest BCUT2D eigenvalue weighted by Crippen LogP contribution is -2.50. The maximum absolute atomic E-state index is 13.2. The van der Waals surface area contributed by atoms with Crippen molar-refractivity contribution in [1.29, 1.82) is 0 Å². The van der Waals surface area contributed by atoms with Gasteiger partial charge in [0.15, 0.2) is 5.69 Å². The van der Waals surface area contributed by atoms with Crippen LogP contribution in [0.3, 0.4) is 0 Å². The first-order valence-corrected chi connectivity index (χ1v) is 8.76. The second-order valence-electron chi connectivity index (χ2n) is 6.94. The first-order valence-electron chi connectivity index (χ1n) is 8.39. The average molecular weight is 380 g/mol. The van der Waals surface area contributed by atoms with Crippen molar-refractivity contribution in [2.45, 2.75) is 64.0 Å². The summed E-state index contributed by atoms with van der Waals surface area (Å²) in [7, 11) is 0. The van der Waals surface area contributed by atoms with Crippen LogP contribution in [0, 0.1) is 0 Å². The molecule has 3 atom stereocenters. The molecule has 9 heteroatoms. The number of hydrogen-bond acceptors (Lipinski definition) is 3. The number of nitrogens with zero attached hydrogens (tertiary/aromatic N) is 3. The minimum Gasteiger partial charge on any atom is -0.372 e. The molecule has 3 rings (SSSR count). The van der Waals surface area contributed by atoms with Gasteiger partial charge in [-0.2, -0.15) is 18.3 Å². The van der Waals surface area contributed by atoms with Crippen molar-refractivity contribution < 1.29 is 22.7 Å². The zero-order valence-electron chi connectivity index (χ0n) is 14.3. The third kappa shape index (κ3) is 3.65. The van der Waals surface area contributed by atoms with Crippen LogP contribution in [0.4, 0.5) is 13.2 Å². The Labute approximate surface area is 149 Å². The van der Waals surface area contributed by atoms with Gasteiger partial charge >= 0.3 is 6.18 Å². The number of amides is 1. The van der Waals surface area contributed by atoms with Crippen molar-refractivity contribution in [2.75, 3.05) is 13.1 Å². The maximum Gasteiger partial charge on any atom is 0.436 e. The molecule has 0 N–H and O–H groups in total. The summed E-state index contributed by atoms with van der Waals surface area (Å²) in [6.07, 6.45) is -3.36. The number of rotatable bonds is 3. The molecule has 1 aromatic heterocycles. The topological polar surface area (TPSA) is 47.4 Å². The molecule has 2 aliphatic rings. The molecule has 0 radical (unpaired) electrons. The summed E-state index contributed by atoms with van der Waals surface area (Å²) in [5.74, 6) is -0.328. The molecular weight excluding hydrogens is 359 g/mol. The summed E-state index contributed by atoms with van der Waals surface area (Å²) in [5, 5.41) is 3.30. The molecule has 140 valence electrons. The van der Waals surface area contributed by atoms with Crippen LogP contribution < -0.4 is 0 Å². The van der Waals surface area contributed by atoms with Crippen molar-refractivity contribution in [3.05, 3.63) is 16.4 Å². The largest absolute Gasteiger partial charge is 0.436 e. The molecule has 2 fully saturated rings. The second kappa shape index (κ2) is 6.46. The number of carbonyl (C=O) groups is 1. The van der Waals surface area contributed by atoms with Gasteiger partial charge in [-0.25, -0.2) is 0 Å². The Hall–Kier alpha value is -1.28. The van der Waals surface area contributed by atoms with Crippen LogP contribution in [0.25, 0.3) is 0 Å². The fourth-order valence-corrected chi connectivity index (χ4v) is 3.74. The molecular formula is C16H21ClF3N3O2. The van der Waals surface area contributed by atoms with E-state index < -0.39 is 17.9 Å². The van der Waals surface area contributed by atoms with Gasteiger partial charge < -0.3 is 9.64 Å². The summed E-state index contributed by atoms with van der Waals surface area (Å²) in [4.78, 5) is 14.5. The van der Waals surface area contributed by atoms with Crippen LogP contribution in [-0.4, -0.2) is 45.9 Å². The zero-order valence-corrected chi connectivity index (χ0v) is 15.1. The Morgan fingerprint density at radius 1 is 1.28 bits per heavy atom. The highest BCUT2D eigenvalue weighted by molar-refractivity contribution is 6.32. The van der Waals surface area contributed by atoms with E-state index in [0.717, 1.165) is 12.8 Å². The third-order valence-corrected chi connectivity index (χ3v) is 4.95. The van der Waals surface area contributed by atoms with Gasteiger partial charge in [0, 0.05) is 19.0 Å². The van der Waals surface area contributed by atoms with E-state index >= 15 is 0 Å². The Balaban J connectivity index is 1.91. The van der Waals surface area contributed by atoms with Crippen molar-refractivity contribution in [3.63, 3.8) is 0 Å². The smallest absolute Gasteiger partial charge is 0.372 e. The van der Waals surface area contributed by atoms with Crippen LogP contribution in [0.2, 0.25) is 5.02 Å². The van der Waals surface area contributed by atoms with Crippen LogP contribution in [-0.2, 0) is 15.7 Å². The standard InChI is InChI=1S/C16H21ClF3N3O2/c1-8-6-22(7-9(2)25-8)15(24)10(3)23-13(11-4-5-11)12(17)14(21-23)16(18,19)20/h8-11H,4-7H2,1-3H3/t8-,9-,10+/m0/s1. The van der Waals surface area contributed by atoms with Gasteiger partial charge in [-0.15, -0.1) is 0 Å². The van der Waals surface area contributed by atoms with E-state index in [1.807, 2.05) is 13.8 Å². The summed E-state index contributed by atoms with van der Waals surface area (Å²) < 4.78 is 46.3. The number of alkyl halides is 3. The van der Waals surface area contributed by atoms with E-state index in [9.17, 15) is 18.0 Å². The molecule has 1 saturated carbocycles. The lowest BCUT2D eigenvalue weighted by Gasteiger charge is -2.36. The predicted molar refractivity (Wildman–Crippen MR) is 85.5 cm³/mol. The van der Waals surface area contributed by atoms with Gasteiger partial charge in [-0.05, 0) is 33.6 Å². The number of carbonyl (C=O) groups excluding carboxylic acids is 1. The van der Waals surface area contributed by atoms with Gasteiger partial charge in [0.25, 0.3) is 0 Å². The quantitative estimate of drug-likeness (QED) is 0.805.